The molecule has 0 heterocycles. The van der Waals surface area contributed by atoms with Crippen molar-refractivity contribution < 1.29 is 4.74 Å². The van der Waals surface area contributed by atoms with Gasteiger partial charge in [0.25, 0.3) is 0 Å². The minimum atomic E-state index is 0.675. The highest BCUT2D eigenvalue weighted by Crippen LogP contribution is 2.29. The Morgan fingerprint density at radius 3 is 2.50 bits per heavy atom. The maximum absolute atomic E-state index is 5.87. The molecular formula is C12H13NO. The number of anilines is 1. The van der Waals surface area contributed by atoms with Crippen LogP contribution in [0, 0.1) is 0 Å². The van der Waals surface area contributed by atoms with E-state index < -0.39 is 0 Å². The average Bonchev–Trinajstić information content (AvgIpc) is 2.23. The van der Waals surface area contributed by atoms with Crippen molar-refractivity contribution in [2.75, 3.05) is 12.3 Å². The van der Waals surface area contributed by atoms with Crippen LogP contribution in [0.15, 0.2) is 36.4 Å². The maximum Gasteiger partial charge on any atom is 0.127 e. The van der Waals surface area contributed by atoms with Crippen LogP contribution in [0.1, 0.15) is 6.92 Å². The van der Waals surface area contributed by atoms with Crippen molar-refractivity contribution >= 4 is 16.5 Å². The zero-order valence-electron chi connectivity index (χ0n) is 8.16. The molecule has 0 saturated heterocycles. The number of benzene rings is 2. The first-order chi connectivity index (χ1) is 6.83. The highest BCUT2D eigenvalue weighted by molar-refractivity contribution is 5.96. The number of nitrogen functional groups attached to an aromatic ring is 1. The topological polar surface area (TPSA) is 35.2 Å². The summed E-state index contributed by atoms with van der Waals surface area (Å²) in [5, 5.41) is 2.13. The van der Waals surface area contributed by atoms with Gasteiger partial charge in [0.15, 0.2) is 0 Å². The van der Waals surface area contributed by atoms with E-state index in [1.807, 2.05) is 43.3 Å². The molecule has 2 aromatic carbocycles. The summed E-state index contributed by atoms with van der Waals surface area (Å²) in [6.45, 7) is 2.65. The van der Waals surface area contributed by atoms with E-state index in [0.29, 0.717) is 6.61 Å². The van der Waals surface area contributed by atoms with Gasteiger partial charge in [0.1, 0.15) is 5.75 Å². The molecule has 0 spiro atoms. The molecule has 0 aliphatic heterocycles. The summed E-state index contributed by atoms with van der Waals surface area (Å²) in [6, 6.07) is 11.8. The summed E-state index contributed by atoms with van der Waals surface area (Å²) in [4.78, 5) is 0. The summed E-state index contributed by atoms with van der Waals surface area (Å²) in [5.41, 5.74) is 6.66. The Morgan fingerprint density at radius 2 is 1.79 bits per heavy atom. The first kappa shape index (κ1) is 8.88. The molecule has 2 nitrogen and oxygen atoms in total. The van der Waals surface area contributed by atoms with Gasteiger partial charge in [-0.25, -0.2) is 0 Å². The van der Waals surface area contributed by atoms with E-state index in [0.717, 1.165) is 22.2 Å². The minimum absolute atomic E-state index is 0.675. The number of ether oxygens (including phenoxy) is 1. The molecule has 0 aliphatic rings. The molecule has 2 aromatic rings. The molecule has 72 valence electrons. The smallest absolute Gasteiger partial charge is 0.127 e. The average molecular weight is 187 g/mol. The number of fused-ring (bicyclic) bond motifs is 1. The van der Waals surface area contributed by atoms with Gasteiger partial charge in [-0.1, -0.05) is 24.3 Å². The first-order valence-corrected chi connectivity index (χ1v) is 4.73. The molecule has 0 aliphatic carbocycles. The Balaban J connectivity index is 2.68. The van der Waals surface area contributed by atoms with Crippen LogP contribution in [-0.2, 0) is 0 Å². The van der Waals surface area contributed by atoms with Crippen molar-refractivity contribution in [1.29, 1.82) is 0 Å². The van der Waals surface area contributed by atoms with Crippen LogP contribution in [0.3, 0.4) is 0 Å². The van der Waals surface area contributed by atoms with E-state index in [4.69, 9.17) is 10.5 Å². The Bertz CT molecular complexity index is 451. The van der Waals surface area contributed by atoms with Gasteiger partial charge < -0.3 is 10.5 Å². The number of nitrogens with two attached hydrogens (primary N) is 1. The predicted molar refractivity (Wildman–Crippen MR) is 59.5 cm³/mol. The summed E-state index contributed by atoms with van der Waals surface area (Å²) in [6.07, 6.45) is 0. The van der Waals surface area contributed by atoms with Crippen LogP contribution in [0.5, 0.6) is 5.75 Å². The second-order valence-corrected chi connectivity index (χ2v) is 3.13. The Hall–Kier alpha value is -1.70. The predicted octanol–water partition coefficient (Wildman–Crippen LogP) is 2.82. The largest absolute Gasteiger partial charge is 0.493 e. The van der Waals surface area contributed by atoms with Crippen molar-refractivity contribution in [2.24, 2.45) is 0 Å². The summed E-state index contributed by atoms with van der Waals surface area (Å²) >= 11 is 0. The summed E-state index contributed by atoms with van der Waals surface area (Å²) in [7, 11) is 0. The maximum atomic E-state index is 5.87. The van der Waals surface area contributed by atoms with Crippen molar-refractivity contribution in [3.63, 3.8) is 0 Å². The van der Waals surface area contributed by atoms with Crippen LogP contribution in [0.25, 0.3) is 10.8 Å². The normalized spacial score (nSPS) is 10.4. The highest BCUT2D eigenvalue weighted by Gasteiger charge is 2.02. The third-order valence-corrected chi connectivity index (χ3v) is 2.22. The lowest BCUT2D eigenvalue weighted by Crippen LogP contribution is -1.94. The monoisotopic (exact) mass is 187 g/mol. The molecular weight excluding hydrogens is 174 g/mol. The van der Waals surface area contributed by atoms with E-state index in [2.05, 4.69) is 0 Å². The Labute approximate surface area is 83.3 Å². The van der Waals surface area contributed by atoms with Gasteiger partial charge >= 0.3 is 0 Å². The zero-order valence-corrected chi connectivity index (χ0v) is 8.16. The van der Waals surface area contributed by atoms with E-state index >= 15 is 0 Å². The van der Waals surface area contributed by atoms with Crippen LogP contribution < -0.4 is 10.5 Å². The number of rotatable bonds is 2. The third kappa shape index (κ3) is 1.39. The van der Waals surface area contributed by atoms with Gasteiger partial charge in [-0.2, -0.15) is 0 Å². The molecule has 0 saturated carbocycles. The van der Waals surface area contributed by atoms with E-state index in [-0.39, 0.29) is 0 Å². The van der Waals surface area contributed by atoms with E-state index in [9.17, 15) is 0 Å². The van der Waals surface area contributed by atoms with Gasteiger partial charge in [-0.05, 0) is 19.1 Å². The molecule has 0 aromatic heterocycles. The van der Waals surface area contributed by atoms with E-state index in [1.165, 1.54) is 0 Å². The SMILES string of the molecule is CCOc1ccc(N)c2ccccc12. The van der Waals surface area contributed by atoms with Gasteiger partial charge in [0, 0.05) is 16.5 Å². The van der Waals surface area contributed by atoms with Crippen LogP contribution >= 0.6 is 0 Å². The molecule has 0 atom stereocenters. The Morgan fingerprint density at radius 1 is 1.07 bits per heavy atom. The van der Waals surface area contributed by atoms with Crippen LogP contribution in [0.2, 0.25) is 0 Å². The van der Waals surface area contributed by atoms with Gasteiger partial charge in [0.2, 0.25) is 0 Å². The lowest BCUT2D eigenvalue weighted by atomic mass is 10.1. The quantitative estimate of drug-likeness (QED) is 0.734. The molecule has 0 fully saturated rings. The third-order valence-electron chi connectivity index (χ3n) is 2.22. The van der Waals surface area contributed by atoms with Crippen molar-refractivity contribution in [1.82, 2.24) is 0 Å². The fraction of sp³-hybridized carbons (Fsp3) is 0.167. The van der Waals surface area contributed by atoms with E-state index in [1.54, 1.807) is 0 Å². The molecule has 2 rings (SSSR count). The van der Waals surface area contributed by atoms with Crippen molar-refractivity contribution in [2.45, 2.75) is 6.92 Å². The second kappa shape index (κ2) is 3.58. The minimum Gasteiger partial charge on any atom is -0.493 e. The highest BCUT2D eigenvalue weighted by atomic mass is 16.5. The van der Waals surface area contributed by atoms with Crippen LogP contribution in [-0.4, -0.2) is 6.61 Å². The number of hydrogen-bond donors (Lipinski definition) is 1. The molecule has 14 heavy (non-hydrogen) atoms. The fourth-order valence-corrected chi connectivity index (χ4v) is 1.58. The summed E-state index contributed by atoms with van der Waals surface area (Å²) < 4.78 is 5.52. The van der Waals surface area contributed by atoms with Crippen molar-refractivity contribution in [3.8, 4) is 5.75 Å². The lowest BCUT2D eigenvalue weighted by molar-refractivity contribution is 0.344. The van der Waals surface area contributed by atoms with Gasteiger partial charge in [-0.3, -0.25) is 0 Å². The van der Waals surface area contributed by atoms with Crippen LogP contribution in [0.4, 0.5) is 5.69 Å². The molecule has 0 amide bonds. The Kier molecular flexibility index (Phi) is 2.27. The van der Waals surface area contributed by atoms with Gasteiger partial charge in [0.05, 0.1) is 6.61 Å². The molecule has 2 heteroatoms. The fourth-order valence-electron chi connectivity index (χ4n) is 1.58. The first-order valence-electron chi connectivity index (χ1n) is 4.73. The molecule has 2 N–H and O–H groups in total. The van der Waals surface area contributed by atoms with Gasteiger partial charge in [-0.15, -0.1) is 0 Å². The number of hydrogen-bond acceptors (Lipinski definition) is 2. The second-order valence-electron chi connectivity index (χ2n) is 3.13. The molecule has 0 radical (unpaired) electrons. The lowest BCUT2D eigenvalue weighted by Gasteiger charge is -2.08. The van der Waals surface area contributed by atoms with Crippen molar-refractivity contribution in [3.05, 3.63) is 36.4 Å². The summed E-state index contributed by atoms with van der Waals surface area (Å²) in [5.74, 6) is 0.900. The molecule has 0 unspecified atom stereocenters. The molecule has 0 bridgehead atoms. The zero-order chi connectivity index (χ0) is 9.97. The standard InChI is InChI=1S/C12H13NO/c1-2-14-12-8-7-11(13)9-5-3-4-6-10(9)12/h3-8H,2,13H2,1H3.